The largest absolute Gasteiger partial charge is 0.466 e. The summed E-state index contributed by atoms with van der Waals surface area (Å²) in [6.07, 6.45) is 9.24. The normalized spacial score (nSPS) is 18.5. The van der Waals surface area contributed by atoms with Gasteiger partial charge in [0.15, 0.2) is 0 Å². The summed E-state index contributed by atoms with van der Waals surface area (Å²) in [5, 5.41) is 0. The fourth-order valence-corrected chi connectivity index (χ4v) is 1.89. The Kier molecular flexibility index (Phi) is 4.87. The molecule has 0 spiro atoms. The summed E-state index contributed by atoms with van der Waals surface area (Å²) in [6, 6.07) is 0. The van der Waals surface area contributed by atoms with E-state index in [2.05, 4.69) is 0 Å². The third kappa shape index (κ3) is 4.30. The predicted molar refractivity (Wildman–Crippen MR) is 52.1 cm³/mol. The SMILES string of the molecule is CCOC(=O)[CH]CC1CCCCC1. The van der Waals surface area contributed by atoms with Gasteiger partial charge in [0.25, 0.3) is 0 Å². The lowest BCUT2D eigenvalue weighted by atomic mass is 9.86. The zero-order valence-corrected chi connectivity index (χ0v) is 8.42. The van der Waals surface area contributed by atoms with Crippen LogP contribution < -0.4 is 0 Å². The summed E-state index contributed by atoms with van der Waals surface area (Å²) in [6.45, 7) is 2.33. The first-order chi connectivity index (χ1) is 6.33. The minimum atomic E-state index is -0.145. The molecule has 1 fully saturated rings. The third-order valence-electron chi connectivity index (χ3n) is 2.63. The van der Waals surface area contributed by atoms with Crippen molar-refractivity contribution in [1.82, 2.24) is 0 Å². The second-order valence-electron chi connectivity index (χ2n) is 3.70. The van der Waals surface area contributed by atoms with E-state index in [1.54, 1.807) is 6.42 Å². The van der Waals surface area contributed by atoms with Crippen molar-refractivity contribution < 1.29 is 9.53 Å². The van der Waals surface area contributed by atoms with E-state index < -0.39 is 0 Å². The van der Waals surface area contributed by atoms with Gasteiger partial charge in [0.05, 0.1) is 13.0 Å². The molecule has 75 valence electrons. The smallest absolute Gasteiger partial charge is 0.309 e. The summed E-state index contributed by atoms with van der Waals surface area (Å²) in [7, 11) is 0. The number of esters is 1. The molecule has 0 bridgehead atoms. The van der Waals surface area contributed by atoms with Crippen LogP contribution >= 0.6 is 0 Å². The quantitative estimate of drug-likeness (QED) is 0.626. The second-order valence-corrected chi connectivity index (χ2v) is 3.70. The monoisotopic (exact) mass is 183 g/mol. The first kappa shape index (κ1) is 10.6. The molecule has 1 aliphatic rings. The van der Waals surface area contributed by atoms with E-state index in [1.807, 2.05) is 6.92 Å². The first-order valence-corrected chi connectivity index (χ1v) is 5.33. The van der Waals surface area contributed by atoms with Crippen molar-refractivity contribution in [1.29, 1.82) is 0 Å². The van der Waals surface area contributed by atoms with E-state index in [0.29, 0.717) is 6.61 Å². The van der Waals surface area contributed by atoms with Crippen LogP contribution in [0.25, 0.3) is 0 Å². The maximum Gasteiger partial charge on any atom is 0.309 e. The minimum Gasteiger partial charge on any atom is -0.466 e. The molecule has 1 saturated carbocycles. The van der Waals surface area contributed by atoms with Crippen LogP contribution in [0, 0.1) is 12.3 Å². The summed E-state index contributed by atoms with van der Waals surface area (Å²) in [5.41, 5.74) is 0. The van der Waals surface area contributed by atoms with Crippen molar-refractivity contribution >= 4 is 5.97 Å². The molecule has 0 aromatic carbocycles. The fraction of sp³-hybridized carbons (Fsp3) is 0.818. The molecule has 0 aliphatic heterocycles. The average Bonchev–Trinajstić information content (AvgIpc) is 2.17. The molecule has 0 aromatic heterocycles. The Bertz CT molecular complexity index is 148. The number of carbonyl (C=O) groups is 1. The number of hydrogen-bond donors (Lipinski definition) is 0. The lowest BCUT2D eigenvalue weighted by Crippen LogP contribution is -2.11. The summed E-state index contributed by atoms with van der Waals surface area (Å²) >= 11 is 0. The molecule has 0 saturated heterocycles. The van der Waals surface area contributed by atoms with Crippen LogP contribution in [0.3, 0.4) is 0 Å². The van der Waals surface area contributed by atoms with Crippen LogP contribution in [0.15, 0.2) is 0 Å². The van der Waals surface area contributed by atoms with E-state index in [9.17, 15) is 4.79 Å². The molecule has 2 nitrogen and oxygen atoms in total. The Hall–Kier alpha value is -0.530. The Labute approximate surface area is 80.7 Å². The van der Waals surface area contributed by atoms with E-state index in [4.69, 9.17) is 4.74 Å². The molecule has 0 amide bonds. The minimum absolute atomic E-state index is 0.145. The van der Waals surface area contributed by atoms with Crippen LogP contribution in [0.5, 0.6) is 0 Å². The maximum atomic E-state index is 11.0. The number of ether oxygens (including phenoxy) is 1. The molecule has 0 N–H and O–H groups in total. The van der Waals surface area contributed by atoms with E-state index >= 15 is 0 Å². The molecule has 0 unspecified atom stereocenters. The molecule has 1 rings (SSSR count). The lowest BCUT2D eigenvalue weighted by Gasteiger charge is -2.20. The van der Waals surface area contributed by atoms with Crippen molar-refractivity contribution in [3.05, 3.63) is 6.42 Å². The summed E-state index contributed by atoms with van der Waals surface area (Å²) in [5.74, 6) is 0.589. The van der Waals surface area contributed by atoms with Gasteiger partial charge < -0.3 is 4.74 Å². The molecule has 1 aliphatic carbocycles. The van der Waals surface area contributed by atoms with Crippen LogP contribution in [0.1, 0.15) is 45.4 Å². The Morgan fingerprint density at radius 1 is 1.38 bits per heavy atom. The highest BCUT2D eigenvalue weighted by Crippen LogP contribution is 2.26. The van der Waals surface area contributed by atoms with Gasteiger partial charge in [0.2, 0.25) is 0 Å². The standard InChI is InChI=1S/C11H19O2/c1-2-13-11(12)9-8-10-6-4-3-5-7-10/h9-10H,2-8H2,1H3. The molecule has 13 heavy (non-hydrogen) atoms. The molecule has 1 radical (unpaired) electrons. The van der Waals surface area contributed by atoms with Crippen LogP contribution in [-0.2, 0) is 9.53 Å². The van der Waals surface area contributed by atoms with Crippen LogP contribution in [0.2, 0.25) is 0 Å². The van der Waals surface area contributed by atoms with E-state index in [-0.39, 0.29) is 5.97 Å². The van der Waals surface area contributed by atoms with Gasteiger partial charge in [-0.2, -0.15) is 0 Å². The highest BCUT2D eigenvalue weighted by Gasteiger charge is 2.15. The molecular weight excluding hydrogens is 164 g/mol. The molecule has 0 atom stereocenters. The van der Waals surface area contributed by atoms with Gasteiger partial charge in [-0.15, -0.1) is 0 Å². The number of hydrogen-bond acceptors (Lipinski definition) is 2. The highest BCUT2D eigenvalue weighted by molar-refractivity contribution is 5.78. The number of rotatable bonds is 4. The van der Waals surface area contributed by atoms with Gasteiger partial charge in [-0.1, -0.05) is 32.1 Å². The van der Waals surface area contributed by atoms with Crippen LogP contribution in [0.4, 0.5) is 0 Å². The Morgan fingerprint density at radius 3 is 2.69 bits per heavy atom. The predicted octanol–water partition coefficient (Wildman–Crippen LogP) is 2.72. The van der Waals surface area contributed by atoms with Crippen LogP contribution in [-0.4, -0.2) is 12.6 Å². The first-order valence-electron chi connectivity index (χ1n) is 5.33. The van der Waals surface area contributed by atoms with Crippen molar-refractivity contribution in [2.24, 2.45) is 5.92 Å². The molecule has 0 aromatic rings. The van der Waals surface area contributed by atoms with Gasteiger partial charge in [0, 0.05) is 0 Å². The molecular formula is C11H19O2. The fourth-order valence-electron chi connectivity index (χ4n) is 1.89. The molecule has 0 heterocycles. The van der Waals surface area contributed by atoms with Gasteiger partial charge >= 0.3 is 5.97 Å². The van der Waals surface area contributed by atoms with Gasteiger partial charge in [0.1, 0.15) is 0 Å². The van der Waals surface area contributed by atoms with Crippen molar-refractivity contribution in [3.8, 4) is 0 Å². The summed E-state index contributed by atoms with van der Waals surface area (Å²) < 4.78 is 4.84. The van der Waals surface area contributed by atoms with Gasteiger partial charge in [-0.25, -0.2) is 0 Å². The highest BCUT2D eigenvalue weighted by atomic mass is 16.5. The van der Waals surface area contributed by atoms with E-state index in [0.717, 1.165) is 12.3 Å². The molecule has 2 heteroatoms. The van der Waals surface area contributed by atoms with Crippen molar-refractivity contribution in [3.63, 3.8) is 0 Å². The lowest BCUT2D eigenvalue weighted by molar-refractivity contribution is -0.139. The Morgan fingerprint density at radius 2 is 2.08 bits per heavy atom. The average molecular weight is 183 g/mol. The topological polar surface area (TPSA) is 26.3 Å². The third-order valence-corrected chi connectivity index (χ3v) is 2.63. The van der Waals surface area contributed by atoms with Crippen molar-refractivity contribution in [2.45, 2.75) is 45.4 Å². The zero-order valence-electron chi connectivity index (χ0n) is 8.42. The summed E-state index contributed by atoms with van der Waals surface area (Å²) in [4.78, 5) is 11.0. The second kappa shape index (κ2) is 6.01. The maximum absolute atomic E-state index is 11.0. The Balaban J connectivity index is 2.06. The van der Waals surface area contributed by atoms with Gasteiger partial charge in [-0.05, 0) is 19.3 Å². The van der Waals surface area contributed by atoms with E-state index in [1.165, 1.54) is 32.1 Å². The zero-order chi connectivity index (χ0) is 9.52. The van der Waals surface area contributed by atoms with Gasteiger partial charge in [-0.3, -0.25) is 4.79 Å². The van der Waals surface area contributed by atoms with Crippen molar-refractivity contribution in [2.75, 3.05) is 6.61 Å². The number of carbonyl (C=O) groups excluding carboxylic acids is 1.